The van der Waals surface area contributed by atoms with E-state index in [-0.39, 0.29) is 24.5 Å². The lowest BCUT2D eigenvalue weighted by molar-refractivity contribution is -0.143. The predicted molar refractivity (Wildman–Crippen MR) is 119 cm³/mol. The van der Waals surface area contributed by atoms with Crippen LogP contribution >= 0.6 is 0 Å². The van der Waals surface area contributed by atoms with Gasteiger partial charge in [0, 0.05) is 12.0 Å². The fourth-order valence-electron chi connectivity index (χ4n) is 4.75. The highest BCUT2D eigenvalue weighted by atomic mass is 16.5. The number of carbonyl (C=O) groups excluding carboxylic acids is 2. The zero-order valence-corrected chi connectivity index (χ0v) is 18.0. The van der Waals surface area contributed by atoms with Crippen molar-refractivity contribution in [1.29, 1.82) is 0 Å². The highest BCUT2D eigenvalue weighted by Crippen LogP contribution is 2.44. The molecule has 1 saturated carbocycles. The van der Waals surface area contributed by atoms with Crippen LogP contribution in [0.1, 0.15) is 49.7 Å². The monoisotopic (exact) mass is 436 g/mol. The molecule has 4 rings (SSSR count). The van der Waals surface area contributed by atoms with E-state index in [9.17, 15) is 19.5 Å². The first-order valence-corrected chi connectivity index (χ1v) is 11.1. The number of aliphatic carboxylic acids is 1. The summed E-state index contributed by atoms with van der Waals surface area (Å²) in [5, 5.41) is 14.6. The van der Waals surface area contributed by atoms with E-state index in [1.807, 2.05) is 36.4 Å². The van der Waals surface area contributed by atoms with Gasteiger partial charge in [0.05, 0.1) is 5.92 Å². The van der Waals surface area contributed by atoms with Crippen LogP contribution in [0, 0.1) is 5.92 Å². The van der Waals surface area contributed by atoms with E-state index in [1.165, 1.54) is 0 Å². The van der Waals surface area contributed by atoms with Crippen molar-refractivity contribution in [3.63, 3.8) is 0 Å². The minimum atomic E-state index is -0.825. The number of rotatable bonds is 6. The topological polar surface area (TPSA) is 105 Å². The molecular formula is C25H28N2O5. The average Bonchev–Trinajstić information content (AvgIpc) is 3.11. The molecule has 0 aromatic heterocycles. The minimum Gasteiger partial charge on any atom is -0.481 e. The van der Waals surface area contributed by atoms with Crippen LogP contribution in [-0.4, -0.2) is 41.8 Å². The van der Waals surface area contributed by atoms with Gasteiger partial charge < -0.3 is 20.5 Å². The number of alkyl carbamates (subject to hydrolysis) is 1. The zero-order chi connectivity index (χ0) is 22.7. The van der Waals surface area contributed by atoms with Crippen LogP contribution in [0.25, 0.3) is 11.1 Å². The minimum absolute atomic E-state index is 0.0486. The fourth-order valence-corrected chi connectivity index (χ4v) is 4.75. The Hall–Kier alpha value is -3.35. The van der Waals surface area contributed by atoms with Crippen molar-refractivity contribution in [1.82, 2.24) is 10.6 Å². The molecule has 3 N–H and O–H groups in total. The lowest BCUT2D eigenvalue weighted by atomic mass is 9.85. The SMILES string of the molecule is CC(NC(=O)OCC1c2ccccc2-c2ccccc21)C(=O)NC1CCCC(C(=O)O)C1. The van der Waals surface area contributed by atoms with Gasteiger partial charge in [-0.25, -0.2) is 4.79 Å². The summed E-state index contributed by atoms with van der Waals surface area (Å²) in [6.45, 7) is 1.77. The third-order valence-corrected chi connectivity index (χ3v) is 6.44. The van der Waals surface area contributed by atoms with E-state index in [0.717, 1.165) is 35.1 Å². The molecule has 0 radical (unpaired) electrons. The second-order valence-electron chi connectivity index (χ2n) is 8.60. The standard InChI is InChI=1S/C25H28N2O5/c1-15(23(28)27-17-8-6-7-16(13-17)24(29)30)26-25(31)32-14-22-20-11-4-2-9-18(20)19-10-3-5-12-21(19)22/h2-5,9-12,15-17,22H,6-8,13-14H2,1H3,(H,26,31)(H,27,28)(H,29,30). The Morgan fingerprint density at radius 2 is 1.66 bits per heavy atom. The first-order chi connectivity index (χ1) is 15.4. The molecule has 0 aliphatic heterocycles. The maximum Gasteiger partial charge on any atom is 0.407 e. The molecule has 2 aromatic rings. The third kappa shape index (κ3) is 4.61. The fraction of sp³-hybridized carbons (Fsp3) is 0.400. The first-order valence-electron chi connectivity index (χ1n) is 11.1. The van der Waals surface area contributed by atoms with E-state index in [2.05, 4.69) is 22.8 Å². The summed E-state index contributed by atoms with van der Waals surface area (Å²) in [5.74, 6) is -1.64. The molecule has 2 aliphatic rings. The third-order valence-electron chi connectivity index (χ3n) is 6.44. The second-order valence-corrected chi connectivity index (χ2v) is 8.60. The molecule has 0 spiro atoms. The van der Waals surface area contributed by atoms with Crippen LogP contribution in [0.5, 0.6) is 0 Å². The van der Waals surface area contributed by atoms with E-state index in [4.69, 9.17) is 4.74 Å². The number of carboxylic acid groups (broad SMARTS) is 1. The smallest absolute Gasteiger partial charge is 0.407 e. The largest absolute Gasteiger partial charge is 0.481 e. The maximum absolute atomic E-state index is 12.5. The number of carboxylic acids is 1. The highest BCUT2D eigenvalue weighted by molar-refractivity contribution is 5.85. The number of nitrogens with one attached hydrogen (secondary N) is 2. The lowest BCUT2D eigenvalue weighted by Crippen LogP contribution is -2.49. The molecule has 7 nitrogen and oxygen atoms in total. The molecule has 0 heterocycles. The van der Waals surface area contributed by atoms with Gasteiger partial charge in [0.25, 0.3) is 0 Å². The summed E-state index contributed by atoms with van der Waals surface area (Å²) in [6, 6.07) is 15.2. The second kappa shape index (κ2) is 9.42. The molecule has 2 aliphatic carbocycles. The van der Waals surface area contributed by atoms with E-state index in [1.54, 1.807) is 6.92 Å². The van der Waals surface area contributed by atoms with Gasteiger partial charge in [0.2, 0.25) is 5.91 Å². The quantitative estimate of drug-likeness (QED) is 0.641. The molecule has 3 unspecified atom stereocenters. The molecule has 0 saturated heterocycles. The van der Waals surface area contributed by atoms with Crippen LogP contribution in [-0.2, 0) is 14.3 Å². The van der Waals surface area contributed by atoms with Crippen molar-refractivity contribution in [3.05, 3.63) is 59.7 Å². The van der Waals surface area contributed by atoms with E-state index >= 15 is 0 Å². The maximum atomic E-state index is 12.5. The van der Waals surface area contributed by atoms with Crippen molar-refractivity contribution in [2.24, 2.45) is 5.92 Å². The van der Waals surface area contributed by atoms with Gasteiger partial charge in [0.1, 0.15) is 12.6 Å². The molecule has 2 amide bonds. The molecule has 1 fully saturated rings. The average molecular weight is 437 g/mol. The van der Waals surface area contributed by atoms with Crippen LogP contribution in [0.2, 0.25) is 0 Å². The van der Waals surface area contributed by atoms with E-state index in [0.29, 0.717) is 12.8 Å². The molecule has 0 bridgehead atoms. The van der Waals surface area contributed by atoms with Gasteiger partial charge in [0.15, 0.2) is 0 Å². The number of ether oxygens (including phenoxy) is 1. The number of amides is 2. The van der Waals surface area contributed by atoms with Gasteiger partial charge in [-0.3, -0.25) is 9.59 Å². The highest BCUT2D eigenvalue weighted by Gasteiger charge is 2.31. The van der Waals surface area contributed by atoms with Gasteiger partial charge in [-0.2, -0.15) is 0 Å². The van der Waals surface area contributed by atoms with Crippen LogP contribution in [0.15, 0.2) is 48.5 Å². The molecular weight excluding hydrogens is 408 g/mol. The lowest BCUT2D eigenvalue weighted by Gasteiger charge is -2.28. The summed E-state index contributed by atoms with van der Waals surface area (Å²) in [7, 11) is 0. The van der Waals surface area contributed by atoms with Crippen molar-refractivity contribution in [3.8, 4) is 11.1 Å². The Bertz CT molecular complexity index is 975. The van der Waals surface area contributed by atoms with Crippen molar-refractivity contribution in [2.45, 2.75) is 50.6 Å². The Kier molecular flexibility index (Phi) is 6.44. The molecule has 7 heteroatoms. The van der Waals surface area contributed by atoms with Crippen molar-refractivity contribution in [2.75, 3.05) is 6.61 Å². The van der Waals surface area contributed by atoms with Gasteiger partial charge in [-0.15, -0.1) is 0 Å². The summed E-state index contributed by atoms with van der Waals surface area (Å²) >= 11 is 0. The number of carbonyl (C=O) groups is 3. The number of fused-ring (bicyclic) bond motifs is 3. The molecule has 32 heavy (non-hydrogen) atoms. The van der Waals surface area contributed by atoms with Crippen LogP contribution < -0.4 is 10.6 Å². The number of hydrogen-bond acceptors (Lipinski definition) is 4. The Balaban J connectivity index is 1.30. The number of benzene rings is 2. The normalized spacial score (nSPS) is 20.5. The molecule has 3 atom stereocenters. The summed E-state index contributed by atoms with van der Waals surface area (Å²) in [4.78, 5) is 36.1. The zero-order valence-electron chi connectivity index (χ0n) is 18.0. The Morgan fingerprint density at radius 3 is 2.28 bits per heavy atom. The van der Waals surface area contributed by atoms with Crippen molar-refractivity contribution >= 4 is 18.0 Å². The summed E-state index contributed by atoms with van der Waals surface area (Å²) in [6.07, 6.45) is 1.90. The molecule has 168 valence electrons. The Morgan fingerprint density at radius 1 is 1.03 bits per heavy atom. The summed E-state index contributed by atoms with van der Waals surface area (Å²) < 4.78 is 5.49. The van der Waals surface area contributed by atoms with E-state index < -0.39 is 24.0 Å². The summed E-state index contributed by atoms with van der Waals surface area (Å²) in [5.41, 5.74) is 4.55. The van der Waals surface area contributed by atoms with Crippen molar-refractivity contribution < 1.29 is 24.2 Å². The molecule has 2 aromatic carbocycles. The predicted octanol–water partition coefficient (Wildman–Crippen LogP) is 3.67. The van der Waals surface area contributed by atoms with Gasteiger partial charge >= 0.3 is 12.1 Å². The van der Waals surface area contributed by atoms with Crippen LogP contribution in [0.3, 0.4) is 0 Å². The Labute approximate surface area is 187 Å². The first kappa shape index (κ1) is 21.9. The van der Waals surface area contributed by atoms with Crippen LogP contribution in [0.4, 0.5) is 4.79 Å². The number of hydrogen-bond donors (Lipinski definition) is 3. The van der Waals surface area contributed by atoms with Gasteiger partial charge in [-0.05, 0) is 48.4 Å². The van der Waals surface area contributed by atoms with Gasteiger partial charge in [-0.1, -0.05) is 55.0 Å².